The summed E-state index contributed by atoms with van der Waals surface area (Å²) in [6.45, 7) is 4.41. The number of hydrogen-bond donors (Lipinski definition) is 18. The highest BCUT2D eigenvalue weighted by atomic mass is 32.2. The van der Waals surface area contributed by atoms with Gasteiger partial charge in [0.25, 0.3) is 0 Å². The molecule has 1 saturated heterocycles. The van der Waals surface area contributed by atoms with Crippen molar-refractivity contribution in [3.05, 3.63) is 126 Å². The number of thioether (sulfide) groups is 1. The van der Waals surface area contributed by atoms with Crippen molar-refractivity contribution >= 4 is 64.4 Å². The van der Waals surface area contributed by atoms with E-state index in [4.69, 9.17) is 74.6 Å². The number of carboxylic acids is 7. The molecule has 442 valence electrons. The average Bonchev–Trinajstić information content (AvgIpc) is 4.13. The SMILES string of the molecule is CC(C)[C@H](N)C(=O)O.CSCC[C@H](N)C(=O)O.N[C@@H](CO)C(=O)O.N[C@@H](Cc1ccc(O)cc1)C(=O)O.N[C@@H](Cc1ccc(O)cc1)C(=O)O.O=C(O)[C@@H]1CCCN1.O=C(O)[C@H](Cc1c[nH]c2ccccc12)NCc1ccncc1. The first-order valence-corrected chi connectivity index (χ1v) is 26.0. The zero-order chi connectivity index (χ0) is 60.9. The van der Waals surface area contributed by atoms with Crippen LogP contribution in [0.4, 0.5) is 0 Å². The smallest absolute Gasteiger partial charge is 0.322 e. The van der Waals surface area contributed by atoms with Crippen molar-refractivity contribution in [1.82, 2.24) is 20.6 Å². The summed E-state index contributed by atoms with van der Waals surface area (Å²) in [5, 5.41) is 92.2. The standard InChI is InChI=1S/C17H17N3O2.2C9H11NO3.C5H11NO2S.C5H9NO2.C5H11NO2.C3H7NO3/c21-17(22)16(19-10-12-5-7-18-8-6-12)9-13-11-20-15-4-2-1-3-14(13)15;2*10-8(9(12)13)5-6-1-3-7(11)4-2-6;1-9-3-2-4(6)5(7)8;7-5(8)4-2-1-3-6-4;1-3(2)4(6)5(7)8;4-2(1-5)3(6)7/h1-8,11,16,19-20H,9-10H2,(H,21,22);2*1-4,8,11H,5,10H2,(H,12,13);4H,2-3,6H2,1H3,(H,7,8);4,6H,1-3H2,(H,7,8);3-4H,6H2,1-2H3,(H,7,8);2,5H,1,4H2,(H,6,7)/t16-;2*8-;3*4-;2-/m0000000/s1. The van der Waals surface area contributed by atoms with Crippen LogP contribution in [0.25, 0.3) is 10.9 Å². The van der Waals surface area contributed by atoms with Gasteiger partial charge in [0, 0.05) is 42.5 Å². The number of aliphatic carboxylic acids is 7. The van der Waals surface area contributed by atoms with Crippen molar-refractivity contribution in [3.63, 3.8) is 0 Å². The molecule has 23 N–H and O–H groups in total. The Morgan fingerprint density at radius 1 is 0.637 bits per heavy atom. The Labute approximate surface area is 466 Å². The zero-order valence-corrected chi connectivity index (χ0v) is 45.4. The molecule has 0 saturated carbocycles. The van der Waals surface area contributed by atoms with Gasteiger partial charge in [-0.05, 0) is 121 Å². The number of para-hydroxylation sites is 1. The summed E-state index contributed by atoms with van der Waals surface area (Å²) in [7, 11) is 0. The predicted molar refractivity (Wildman–Crippen MR) is 300 cm³/mol. The lowest BCUT2D eigenvalue weighted by atomic mass is 10.0. The van der Waals surface area contributed by atoms with E-state index >= 15 is 0 Å². The molecular weight excluding hydrogens is 1070 g/mol. The van der Waals surface area contributed by atoms with E-state index in [1.807, 2.05) is 48.9 Å². The quantitative estimate of drug-likeness (QED) is 0.0494. The zero-order valence-electron chi connectivity index (χ0n) is 44.6. The van der Waals surface area contributed by atoms with Crippen molar-refractivity contribution in [2.75, 3.05) is 25.2 Å². The van der Waals surface area contributed by atoms with Gasteiger partial charge < -0.3 is 95.4 Å². The number of aliphatic hydroxyl groups excluding tert-OH is 1. The third-order valence-electron chi connectivity index (χ3n) is 10.9. The number of aromatic hydroxyl groups is 2. The van der Waals surface area contributed by atoms with E-state index in [0.29, 0.717) is 19.4 Å². The van der Waals surface area contributed by atoms with Gasteiger partial charge in [-0.1, -0.05) is 56.3 Å². The molecule has 0 bridgehead atoms. The summed E-state index contributed by atoms with van der Waals surface area (Å²) in [5.41, 5.74) is 30.4. The monoisotopic (exact) mass is 1140 g/mol. The van der Waals surface area contributed by atoms with Crippen LogP contribution < -0.4 is 39.3 Å². The molecule has 26 nitrogen and oxygen atoms in total. The number of fused-ring (bicyclic) bond motifs is 1. The average molecular weight is 1140 g/mol. The number of pyridine rings is 1. The number of nitrogens with one attached hydrogen (secondary N) is 3. The number of phenols is 2. The molecule has 3 aromatic carbocycles. The van der Waals surface area contributed by atoms with E-state index in [1.165, 1.54) is 24.3 Å². The molecule has 1 aliphatic rings. The largest absolute Gasteiger partial charge is 0.508 e. The molecule has 0 aliphatic carbocycles. The molecule has 80 heavy (non-hydrogen) atoms. The van der Waals surface area contributed by atoms with Crippen LogP contribution >= 0.6 is 11.8 Å². The second kappa shape index (κ2) is 40.5. The number of rotatable bonds is 21. The summed E-state index contributed by atoms with van der Waals surface area (Å²) < 4.78 is 0. The minimum atomic E-state index is -1.18. The second-order valence-corrected chi connectivity index (χ2v) is 18.8. The fourth-order valence-corrected chi connectivity index (χ4v) is 6.57. The molecule has 0 radical (unpaired) electrons. The number of carboxylic acid groups (broad SMARTS) is 7. The topological polar surface area (TPSA) is 505 Å². The lowest BCUT2D eigenvalue weighted by Gasteiger charge is -2.14. The molecule has 6 rings (SSSR count). The van der Waals surface area contributed by atoms with E-state index in [-0.39, 0.29) is 36.3 Å². The third kappa shape index (κ3) is 32.2. The van der Waals surface area contributed by atoms with Gasteiger partial charge in [0.05, 0.1) is 6.61 Å². The third-order valence-corrected chi connectivity index (χ3v) is 11.6. The molecule has 0 spiro atoms. The molecule has 0 unspecified atom stereocenters. The van der Waals surface area contributed by atoms with E-state index in [1.54, 1.807) is 62.3 Å². The minimum absolute atomic E-state index is 0.0208. The number of benzene rings is 3. The lowest BCUT2D eigenvalue weighted by molar-refractivity contribution is -0.140. The number of nitrogens with two attached hydrogens (primary N) is 5. The molecule has 1 aliphatic heterocycles. The van der Waals surface area contributed by atoms with Crippen molar-refractivity contribution in [2.24, 2.45) is 34.6 Å². The molecule has 7 atom stereocenters. The summed E-state index contributed by atoms with van der Waals surface area (Å²) in [6, 6.07) is 19.1. The molecule has 5 aromatic rings. The van der Waals surface area contributed by atoms with Gasteiger partial charge in [0.2, 0.25) is 0 Å². The van der Waals surface area contributed by atoms with Gasteiger partial charge in [0.15, 0.2) is 0 Å². The fourth-order valence-electron chi connectivity index (χ4n) is 6.08. The Bertz CT molecular complexity index is 2510. The van der Waals surface area contributed by atoms with Crippen molar-refractivity contribution in [3.8, 4) is 11.5 Å². The fraction of sp³-hybridized carbons (Fsp3) is 0.396. The Morgan fingerprint density at radius 2 is 1.12 bits per heavy atom. The van der Waals surface area contributed by atoms with Crippen LogP contribution in [0.2, 0.25) is 0 Å². The summed E-state index contributed by atoms with van der Waals surface area (Å²) in [6.07, 6.45) is 10.5. The highest BCUT2D eigenvalue weighted by Crippen LogP contribution is 2.19. The van der Waals surface area contributed by atoms with Crippen molar-refractivity contribution < 1.29 is 84.6 Å². The van der Waals surface area contributed by atoms with Gasteiger partial charge in [0.1, 0.15) is 53.8 Å². The van der Waals surface area contributed by atoms with Crippen LogP contribution in [0.1, 0.15) is 55.4 Å². The molecule has 1 fully saturated rings. The van der Waals surface area contributed by atoms with Gasteiger partial charge >= 0.3 is 41.8 Å². The lowest BCUT2D eigenvalue weighted by Crippen LogP contribution is -2.38. The number of carbonyl (C=O) groups is 7. The van der Waals surface area contributed by atoms with Crippen LogP contribution in [-0.4, -0.2) is 170 Å². The highest BCUT2D eigenvalue weighted by Gasteiger charge is 2.21. The molecular formula is C53H77N9O17S. The normalized spacial score (nSPS) is 14.3. The van der Waals surface area contributed by atoms with Crippen LogP contribution in [0.5, 0.6) is 11.5 Å². The predicted octanol–water partition coefficient (Wildman–Crippen LogP) is 1.46. The number of phenolic OH excluding ortho intramolecular Hbond substituents is 2. The first-order chi connectivity index (χ1) is 37.6. The molecule has 27 heteroatoms. The van der Waals surface area contributed by atoms with Crippen molar-refractivity contribution in [2.45, 2.75) is 101 Å². The number of aromatic nitrogens is 2. The molecule has 3 heterocycles. The Morgan fingerprint density at radius 3 is 1.48 bits per heavy atom. The van der Waals surface area contributed by atoms with Crippen LogP contribution in [0.3, 0.4) is 0 Å². The summed E-state index contributed by atoms with van der Waals surface area (Å²) in [5.74, 6) is -5.48. The Balaban J connectivity index is 0.000000952. The van der Waals surface area contributed by atoms with Crippen LogP contribution in [0.15, 0.2) is 104 Å². The van der Waals surface area contributed by atoms with Gasteiger partial charge in [-0.2, -0.15) is 11.8 Å². The van der Waals surface area contributed by atoms with Gasteiger partial charge in [-0.3, -0.25) is 38.5 Å². The number of H-pyrrole nitrogens is 1. The number of aliphatic hydroxyl groups is 1. The number of nitrogens with zero attached hydrogens (tertiary/aromatic N) is 1. The maximum Gasteiger partial charge on any atom is 0.322 e. The first kappa shape index (κ1) is 72.3. The second-order valence-electron chi connectivity index (χ2n) is 17.8. The minimum Gasteiger partial charge on any atom is -0.508 e. The summed E-state index contributed by atoms with van der Waals surface area (Å²) in [4.78, 5) is 79.3. The Hall–Kier alpha value is -7.73. The van der Waals surface area contributed by atoms with E-state index in [2.05, 4.69) is 20.6 Å². The molecule has 2 aromatic heterocycles. The number of hydrogen-bond acceptors (Lipinski definition) is 19. The first-order valence-electron chi connectivity index (χ1n) is 24.6. The highest BCUT2D eigenvalue weighted by molar-refractivity contribution is 7.98. The molecule has 0 amide bonds. The van der Waals surface area contributed by atoms with Crippen molar-refractivity contribution in [1.29, 1.82) is 0 Å². The van der Waals surface area contributed by atoms with Crippen LogP contribution in [0, 0.1) is 5.92 Å². The Kier molecular flexibility index (Phi) is 36.5. The number of aromatic amines is 1. The van der Waals surface area contributed by atoms with Gasteiger partial charge in [-0.25, -0.2) is 0 Å². The maximum absolute atomic E-state index is 11.5. The van der Waals surface area contributed by atoms with E-state index < -0.39 is 84.6 Å². The summed E-state index contributed by atoms with van der Waals surface area (Å²) >= 11 is 1.60. The maximum atomic E-state index is 11.5. The van der Waals surface area contributed by atoms with Crippen LogP contribution in [-0.2, 0) is 59.4 Å². The van der Waals surface area contributed by atoms with E-state index in [9.17, 15) is 38.7 Å². The van der Waals surface area contributed by atoms with E-state index in [0.717, 1.165) is 58.3 Å². The van der Waals surface area contributed by atoms with Gasteiger partial charge in [-0.15, -0.1) is 0 Å².